The summed E-state index contributed by atoms with van der Waals surface area (Å²) >= 11 is 1.50. The maximum absolute atomic E-state index is 12.0. The molecule has 1 saturated heterocycles. The van der Waals surface area contributed by atoms with Gasteiger partial charge in [0.15, 0.2) is 0 Å². The van der Waals surface area contributed by atoms with Gasteiger partial charge < -0.3 is 5.32 Å². The van der Waals surface area contributed by atoms with Crippen LogP contribution in [0.5, 0.6) is 0 Å². The minimum atomic E-state index is -0.0777. The smallest absolute Gasteiger partial charge is 0.275 e. The predicted molar refractivity (Wildman–Crippen MR) is 74.7 cm³/mol. The van der Waals surface area contributed by atoms with E-state index in [1.807, 2.05) is 6.92 Å². The van der Waals surface area contributed by atoms with Crippen molar-refractivity contribution >= 4 is 16.3 Å². The number of hydrogen-bond acceptors (Lipinski definition) is 6. The van der Waals surface area contributed by atoms with Crippen LogP contribution in [0.2, 0.25) is 0 Å². The first-order valence-electron chi connectivity index (χ1n) is 6.58. The lowest BCUT2D eigenvalue weighted by Crippen LogP contribution is -2.43. The van der Waals surface area contributed by atoms with Crippen LogP contribution in [0.15, 0.2) is 10.9 Å². The molecule has 3 rings (SSSR count). The average molecular weight is 279 g/mol. The number of piperazine rings is 1. The molecule has 19 heavy (non-hydrogen) atoms. The minimum absolute atomic E-state index is 0.0777. The Morgan fingerprint density at radius 1 is 1.42 bits per heavy atom. The fourth-order valence-electron chi connectivity index (χ4n) is 2.22. The van der Waals surface area contributed by atoms with Crippen molar-refractivity contribution in [1.82, 2.24) is 24.8 Å². The number of nitrogens with zero attached hydrogens (tertiary/aromatic N) is 4. The van der Waals surface area contributed by atoms with E-state index >= 15 is 0 Å². The van der Waals surface area contributed by atoms with Crippen LogP contribution in [0.25, 0.3) is 4.96 Å². The number of rotatable bonds is 3. The van der Waals surface area contributed by atoms with Gasteiger partial charge >= 0.3 is 0 Å². The summed E-state index contributed by atoms with van der Waals surface area (Å²) in [6, 6.07) is 1.61. The highest BCUT2D eigenvalue weighted by Gasteiger charge is 2.13. The minimum Gasteiger partial charge on any atom is -0.314 e. The molecule has 0 bridgehead atoms. The van der Waals surface area contributed by atoms with E-state index in [2.05, 4.69) is 20.3 Å². The van der Waals surface area contributed by atoms with Crippen molar-refractivity contribution in [3.8, 4) is 0 Å². The number of nitrogens with one attached hydrogen (secondary N) is 1. The van der Waals surface area contributed by atoms with Crippen LogP contribution >= 0.6 is 11.3 Å². The summed E-state index contributed by atoms with van der Waals surface area (Å²) in [4.78, 5) is 19.6. The monoisotopic (exact) mass is 279 g/mol. The number of aromatic nitrogens is 3. The van der Waals surface area contributed by atoms with Gasteiger partial charge in [-0.05, 0) is 6.42 Å². The van der Waals surface area contributed by atoms with E-state index in [4.69, 9.17) is 0 Å². The van der Waals surface area contributed by atoms with E-state index in [-0.39, 0.29) is 5.56 Å². The zero-order chi connectivity index (χ0) is 13.2. The highest BCUT2D eigenvalue weighted by atomic mass is 32.1. The molecule has 0 aliphatic carbocycles. The third kappa shape index (κ3) is 2.68. The van der Waals surface area contributed by atoms with Gasteiger partial charge in [0, 0.05) is 38.8 Å². The van der Waals surface area contributed by atoms with Crippen LogP contribution < -0.4 is 10.9 Å². The van der Waals surface area contributed by atoms with E-state index in [0.717, 1.165) is 49.8 Å². The largest absolute Gasteiger partial charge is 0.314 e. The van der Waals surface area contributed by atoms with Crippen LogP contribution in [0.3, 0.4) is 0 Å². The summed E-state index contributed by atoms with van der Waals surface area (Å²) in [6.45, 7) is 6.79. The van der Waals surface area contributed by atoms with Gasteiger partial charge in [0.05, 0.1) is 5.69 Å². The van der Waals surface area contributed by atoms with Crippen LogP contribution in [0.1, 0.15) is 17.6 Å². The Balaban J connectivity index is 1.89. The fourth-order valence-corrected chi connectivity index (χ4v) is 3.08. The summed E-state index contributed by atoms with van der Waals surface area (Å²) < 4.78 is 1.41. The molecule has 1 aliphatic heterocycles. The average Bonchev–Trinajstić information content (AvgIpc) is 2.83. The lowest BCUT2D eigenvalue weighted by molar-refractivity contribution is 0.231. The van der Waals surface area contributed by atoms with Gasteiger partial charge in [0.25, 0.3) is 5.56 Å². The highest BCUT2D eigenvalue weighted by molar-refractivity contribution is 7.16. The second-order valence-electron chi connectivity index (χ2n) is 4.66. The van der Waals surface area contributed by atoms with Crippen molar-refractivity contribution in [3.63, 3.8) is 0 Å². The molecular formula is C12H17N5OS. The van der Waals surface area contributed by atoms with Crippen LogP contribution in [0.4, 0.5) is 0 Å². The van der Waals surface area contributed by atoms with Gasteiger partial charge in [0.2, 0.25) is 4.96 Å². The van der Waals surface area contributed by atoms with Gasteiger partial charge in [-0.25, -0.2) is 4.98 Å². The number of hydrogen-bond donors (Lipinski definition) is 1. The summed E-state index contributed by atoms with van der Waals surface area (Å²) in [6.07, 6.45) is 0.834. The Labute approximate surface area is 115 Å². The molecule has 0 aromatic carbocycles. The zero-order valence-electron chi connectivity index (χ0n) is 10.9. The normalized spacial score (nSPS) is 17.1. The summed E-state index contributed by atoms with van der Waals surface area (Å²) in [7, 11) is 0. The molecule has 0 unspecified atom stereocenters. The maximum atomic E-state index is 12.0. The predicted octanol–water partition coefficient (Wildman–Crippen LogP) is 0.119. The maximum Gasteiger partial charge on any atom is 0.275 e. The molecule has 2 aromatic heterocycles. The van der Waals surface area contributed by atoms with Crippen molar-refractivity contribution in [3.05, 3.63) is 27.1 Å². The van der Waals surface area contributed by atoms with Crippen molar-refractivity contribution in [1.29, 1.82) is 0 Å². The molecule has 1 aliphatic rings. The van der Waals surface area contributed by atoms with Gasteiger partial charge in [-0.2, -0.15) is 9.61 Å². The summed E-state index contributed by atoms with van der Waals surface area (Å²) in [5, 5.41) is 8.52. The van der Waals surface area contributed by atoms with E-state index in [9.17, 15) is 4.79 Å². The molecular weight excluding hydrogens is 262 g/mol. The van der Waals surface area contributed by atoms with Gasteiger partial charge in [0.1, 0.15) is 5.01 Å². The Morgan fingerprint density at radius 2 is 2.21 bits per heavy atom. The Hall–Kier alpha value is -1.31. The van der Waals surface area contributed by atoms with Crippen LogP contribution in [-0.2, 0) is 13.0 Å². The Kier molecular flexibility index (Phi) is 3.58. The Bertz CT molecular complexity index is 629. The molecule has 102 valence electrons. The first-order chi connectivity index (χ1) is 9.26. The summed E-state index contributed by atoms with van der Waals surface area (Å²) in [5.74, 6) is 0. The van der Waals surface area contributed by atoms with Crippen molar-refractivity contribution in [2.45, 2.75) is 19.9 Å². The number of aryl methyl sites for hydroxylation is 1. The topological polar surface area (TPSA) is 62.5 Å². The zero-order valence-corrected chi connectivity index (χ0v) is 11.7. The fraction of sp³-hybridized carbons (Fsp3) is 0.583. The molecule has 7 heteroatoms. The lowest BCUT2D eigenvalue weighted by atomic mass is 10.3. The standard InChI is InChI=1S/C12H17N5OS/c1-2-10-15-17-11(18)7-9(14-12(17)19-10)8-16-5-3-13-4-6-16/h7,13H,2-6,8H2,1H3. The van der Waals surface area contributed by atoms with Crippen molar-refractivity contribution in [2.75, 3.05) is 26.2 Å². The molecule has 0 spiro atoms. The molecule has 3 heterocycles. The van der Waals surface area contributed by atoms with Crippen molar-refractivity contribution in [2.24, 2.45) is 0 Å². The van der Waals surface area contributed by atoms with E-state index in [0.29, 0.717) is 4.96 Å². The van der Waals surface area contributed by atoms with Gasteiger partial charge in [-0.3, -0.25) is 9.69 Å². The third-order valence-electron chi connectivity index (χ3n) is 3.24. The molecule has 1 fully saturated rings. The first kappa shape index (κ1) is 12.7. The second-order valence-corrected chi connectivity index (χ2v) is 5.70. The number of fused-ring (bicyclic) bond motifs is 1. The highest BCUT2D eigenvalue weighted by Crippen LogP contribution is 2.12. The van der Waals surface area contributed by atoms with Gasteiger partial charge in [-0.1, -0.05) is 18.3 Å². The molecule has 6 nitrogen and oxygen atoms in total. The van der Waals surface area contributed by atoms with Crippen LogP contribution in [-0.4, -0.2) is 45.7 Å². The third-order valence-corrected chi connectivity index (χ3v) is 4.29. The van der Waals surface area contributed by atoms with Crippen molar-refractivity contribution < 1.29 is 0 Å². The van der Waals surface area contributed by atoms with E-state index < -0.39 is 0 Å². The van der Waals surface area contributed by atoms with E-state index in [1.165, 1.54) is 15.9 Å². The van der Waals surface area contributed by atoms with E-state index in [1.54, 1.807) is 6.07 Å². The molecule has 2 aromatic rings. The van der Waals surface area contributed by atoms with Gasteiger partial charge in [-0.15, -0.1) is 0 Å². The van der Waals surface area contributed by atoms with Crippen LogP contribution in [0, 0.1) is 0 Å². The second kappa shape index (κ2) is 5.36. The SMILES string of the molecule is CCc1nn2c(=O)cc(CN3CCNCC3)nc2s1. The quantitative estimate of drug-likeness (QED) is 0.864. The molecule has 0 saturated carbocycles. The molecule has 0 radical (unpaired) electrons. The molecule has 1 N–H and O–H groups in total. The molecule has 0 atom stereocenters. The summed E-state index contributed by atoms with van der Waals surface area (Å²) in [5.41, 5.74) is 0.768. The molecule has 0 amide bonds. The first-order valence-corrected chi connectivity index (χ1v) is 7.39. The lowest BCUT2D eigenvalue weighted by Gasteiger charge is -2.26. The Morgan fingerprint density at radius 3 is 2.95 bits per heavy atom.